The van der Waals surface area contributed by atoms with E-state index in [-0.39, 0.29) is 6.10 Å². The summed E-state index contributed by atoms with van der Waals surface area (Å²) in [6.45, 7) is 9.08. The molecule has 0 radical (unpaired) electrons. The van der Waals surface area contributed by atoms with E-state index >= 15 is 0 Å². The van der Waals surface area contributed by atoms with Crippen LogP contribution in [0.1, 0.15) is 39.5 Å². The third kappa shape index (κ3) is 6.44. The van der Waals surface area contributed by atoms with E-state index in [1.807, 2.05) is 30.3 Å². The molecule has 1 N–H and O–H groups in total. The first-order valence-corrected chi connectivity index (χ1v) is 7.81. The number of benzene rings is 1. The highest BCUT2D eigenvalue weighted by atomic mass is 35.5. The molecular formula is C17H26ClNO. The third-order valence-electron chi connectivity index (χ3n) is 3.26. The molecule has 0 fully saturated rings. The van der Waals surface area contributed by atoms with Gasteiger partial charge in [0, 0.05) is 11.1 Å². The van der Waals surface area contributed by atoms with E-state index in [1.54, 1.807) is 0 Å². The lowest BCUT2D eigenvalue weighted by molar-refractivity contribution is 0.163. The number of rotatable bonds is 10. The van der Waals surface area contributed by atoms with E-state index in [0.717, 1.165) is 38.0 Å². The largest absolute Gasteiger partial charge is 0.489 e. The molecule has 0 spiro atoms. The lowest BCUT2D eigenvalue weighted by Gasteiger charge is -2.26. The van der Waals surface area contributed by atoms with E-state index < -0.39 is 0 Å². The number of hydrogen-bond acceptors (Lipinski definition) is 2. The Kier molecular flexibility index (Phi) is 8.40. The minimum atomic E-state index is 0.116. The monoisotopic (exact) mass is 295 g/mol. The van der Waals surface area contributed by atoms with Gasteiger partial charge < -0.3 is 10.1 Å². The summed E-state index contributed by atoms with van der Waals surface area (Å²) in [7, 11) is 0. The summed E-state index contributed by atoms with van der Waals surface area (Å²) in [5, 5.41) is 4.28. The molecule has 1 aromatic rings. The SMILES string of the molecule is C=CCCCC(NCCC)C(C)Oc1cccc(Cl)c1. The Morgan fingerprint density at radius 2 is 2.25 bits per heavy atom. The molecule has 1 aromatic carbocycles. The van der Waals surface area contributed by atoms with Gasteiger partial charge in [0.25, 0.3) is 0 Å². The molecule has 112 valence electrons. The third-order valence-corrected chi connectivity index (χ3v) is 3.50. The van der Waals surface area contributed by atoms with Crippen molar-refractivity contribution >= 4 is 11.6 Å². The van der Waals surface area contributed by atoms with Gasteiger partial charge in [-0.05, 0) is 57.4 Å². The zero-order valence-corrected chi connectivity index (χ0v) is 13.3. The van der Waals surface area contributed by atoms with Crippen LogP contribution in [-0.2, 0) is 0 Å². The van der Waals surface area contributed by atoms with Crippen molar-refractivity contribution in [3.05, 3.63) is 41.9 Å². The van der Waals surface area contributed by atoms with Crippen LogP contribution in [0.4, 0.5) is 0 Å². The van der Waals surface area contributed by atoms with Gasteiger partial charge >= 0.3 is 0 Å². The maximum Gasteiger partial charge on any atom is 0.121 e. The molecule has 2 nitrogen and oxygen atoms in total. The summed E-state index contributed by atoms with van der Waals surface area (Å²) in [6, 6.07) is 7.93. The van der Waals surface area contributed by atoms with E-state index in [0.29, 0.717) is 11.1 Å². The molecule has 0 heterocycles. The Labute approximate surface area is 128 Å². The molecule has 0 saturated heterocycles. The Balaban J connectivity index is 2.56. The summed E-state index contributed by atoms with van der Waals surface area (Å²) in [5.74, 6) is 0.831. The van der Waals surface area contributed by atoms with Gasteiger partial charge in [-0.1, -0.05) is 30.7 Å². The maximum absolute atomic E-state index is 6.01. The van der Waals surface area contributed by atoms with Gasteiger partial charge in [0.15, 0.2) is 0 Å². The van der Waals surface area contributed by atoms with Crippen LogP contribution in [0.15, 0.2) is 36.9 Å². The molecule has 0 amide bonds. The molecule has 0 aliphatic heterocycles. The van der Waals surface area contributed by atoms with Gasteiger partial charge in [-0.15, -0.1) is 6.58 Å². The van der Waals surface area contributed by atoms with Gasteiger partial charge in [-0.3, -0.25) is 0 Å². The molecule has 2 atom stereocenters. The number of allylic oxidation sites excluding steroid dienone is 1. The van der Waals surface area contributed by atoms with Crippen molar-refractivity contribution in [3.8, 4) is 5.75 Å². The number of ether oxygens (including phenoxy) is 1. The molecule has 0 aliphatic carbocycles. The fourth-order valence-corrected chi connectivity index (χ4v) is 2.33. The fourth-order valence-electron chi connectivity index (χ4n) is 2.15. The fraction of sp³-hybridized carbons (Fsp3) is 0.529. The Hall–Kier alpha value is -0.990. The lowest BCUT2D eigenvalue weighted by atomic mass is 10.0. The van der Waals surface area contributed by atoms with Gasteiger partial charge in [0.1, 0.15) is 11.9 Å². The molecule has 3 heteroatoms. The normalized spacial score (nSPS) is 13.8. The van der Waals surface area contributed by atoms with Crippen LogP contribution in [0.2, 0.25) is 5.02 Å². The maximum atomic E-state index is 6.01. The van der Waals surface area contributed by atoms with Crippen molar-refractivity contribution in [2.45, 2.75) is 51.7 Å². The highest BCUT2D eigenvalue weighted by Gasteiger charge is 2.17. The summed E-state index contributed by atoms with van der Waals surface area (Å²) < 4.78 is 6.01. The summed E-state index contributed by atoms with van der Waals surface area (Å²) >= 11 is 5.99. The molecular weight excluding hydrogens is 270 g/mol. The molecule has 20 heavy (non-hydrogen) atoms. The van der Waals surface area contributed by atoms with E-state index in [4.69, 9.17) is 16.3 Å². The van der Waals surface area contributed by atoms with Crippen LogP contribution in [-0.4, -0.2) is 18.7 Å². The zero-order chi connectivity index (χ0) is 14.8. The van der Waals surface area contributed by atoms with E-state index in [1.165, 1.54) is 0 Å². The van der Waals surface area contributed by atoms with Crippen LogP contribution in [0, 0.1) is 0 Å². The molecule has 2 unspecified atom stereocenters. The first-order valence-electron chi connectivity index (χ1n) is 7.43. The van der Waals surface area contributed by atoms with Crippen molar-refractivity contribution in [3.63, 3.8) is 0 Å². The Morgan fingerprint density at radius 3 is 2.90 bits per heavy atom. The van der Waals surface area contributed by atoms with Crippen molar-refractivity contribution in [1.82, 2.24) is 5.32 Å². The average Bonchev–Trinajstić information content (AvgIpc) is 2.42. The second-order valence-electron chi connectivity index (χ2n) is 5.06. The van der Waals surface area contributed by atoms with Gasteiger partial charge in [0.05, 0.1) is 0 Å². The predicted molar refractivity (Wildman–Crippen MR) is 87.7 cm³/mol. The number of nitrogens with one attached hydrogen (secondary N) is 1. The highest BCUT2D eigenvalue weighted by Crippen LogP contribution is 2.20. The smallest absolute Gasteiger partial charge is 0.121 e. The lowest BCUT2D eigenvalue weighted by Crippen LogP contribution is -2.41. The van der Waals surface area contributed by atoms with Crippen molar-refractivity contribution < 1.29 is 4.74 Å². The first kappa shape index (κ1) is 17.1. The van der Waals surface area contributed by atoms with Gasteiger partial charge in [-0.2, -0.15) is 0 Å². The second kappa shape index (κ2) is 9.84. The minimum Gasteiger partial charge on any atom is -0.489 e. The van der Waals surface area contributed by atoms with Crippen molar-refractivity contribution in [1.29, 1.82) is 0 Å². The summed E-state index contributed by atoms with van der Waals surface area (Å²) in [4.78, 5) is 0. The average molecular weight is 296 g/mol. The molecule has 0 aromatic heterocycles. The first-order chi connectivity index (χ1) is 9.67. The molecule has 0 aliphatic rings. The predicted octanol–water partition coefficient (Wildman–Crippen LogP) is 4.83. The topological polar surface area (TPSA) is 21.3 Å². The van der Waals surface area contributed by atoms with E-state index in [9.17, 15) is 0 Å². The van der Waals surface area contributed by atoms with Crippen LogP contribution in [0.5, 0.6) is 5.75 Å². The summed E-state index contributed by atoms with van der Waals surface area (Å²) in [5.41, 5.74) is 0. The highest BCUT2D eigenvalue weighted by molar-refractivity contribution is 6.30. The number of hydrogen-bond donors (Lipinski definition) is 1. The van der Waals surface area contributed by atoms with Gasteiger partial charge in [0.2, 0.25) is 0 Å². The molecule has 0 bridgehead atoms. The quantitative estimate of drug-likeness (QED) is 0.493. The van der Waals surface area contributed by atoms with Crippen LogP contribution < -0.4 is 10.1 Å². The zero-order valence-electron chi connectivity index (χ0n) is 12.6. The standard InChI is InChI=1S/C17H26ClNO/c1-4-6-7-11-17(19-12-5-2)14(3)20-16-10-8-9-15(18)13-16/h4,8-10,13-14,17,19H,1,5-7,11-12H2,2-3H3. The van der Waals surface area contributed by atoms with Crippen molar-refractivity contribution in [2.75, 3.05) is 6.54 Å². The van der Waals surface area contributed by atoms with E-state index in [2.05, 4.69) is 25.7 Å². The van der Waals surface area contributed by atoms with Crippen LogP contribution in [0.25, 0.3) is 0 Å². The Morgan fingerprint density at radius 1 is 1.45 bits per heavy atom. The van der Waals surface area contributed by atoms with Crippen molar-refractivity contribution in [2.24, 2.45) is 0 Å². The number of halogens is 1. The molecule has 1 rings (SSSR count). The van der Waals surface area contributed by atoms with Crippen LogP contribution >= 0.6 is 11.6 Å². The summed E-state index contributed by atoms with van der Waals surface area (Å²) in [6.07, 6.45) is 6.49. The minimum absolute atomic E-state index is 0.116. The Bertz CT molecular complexity index is 394. The molecule has 0 saturated carbocycles. The number of unbranched alkanes of at least 4 members (excludes halogenated alkanes) is 1. The van der Waals surface area contributed by atoms with Gasteiger partial charge in [-0.25, -0.2) is 0 Å². The van der Waals surface area contributed by atoms with Crippen LogP contribution in [0.3, 0.4) is 0 Å². The second-order valence-corrected chi connectivity index (χ2v) is 5.50.